The van der Waals surface area contributed by atoms with Gasteiger partial charge in [-0.25, -0.2) is 0 Å². The SMILES string of the molecule is C=NO/C(=C\CCC=O)CCCCc1ccc2c(c1)OC(F)(F)O2.CNCC1CCOC1. The van der Waals surface area contributed by atoms with E-state index in [0.29, 0.717) is 31.4 Å². The number of fused-ring (bicyclic) bond motifs is 1. The second kappa shape index (κ2) is 13.8. The van der Waals surface area contributed by atoms with E-state index in [-0.39, 0.29) is 11.5 Å². The molecule has 0 aliphatic carbocycles. The number of hydrogen-bond donors (Lipinski definition) is 1. The molecule has 1 aromatic carbocycles. The number of nitrogens with one attached hydrogen (secondary N) is 1. The van der Waals surface area contributed by atoms with E-state index in [0.717, 1.165) is 50.4 Å². The highest BCUT2D eigenvalue weighted by Gasteiger charge is 2.43. The van der Waals surface area contributed by atoms with Crippen LogP contribution in [0.2, 0.25) is 0 Å². The molecule has 9 heteroatoms. The van der Waals surface area contributed by atoms with Crippen molar-refractivity contribution in [3.05, 3.63) is 35.6 Å². The highest BCUT2D eigenvalue weighted by Crippen LogP contribution is 2.41. The Hall–Kier alpha value is -2.52. The fourth-order valence-electron chi connectivity index (χ4n) is 3.39. The van der Waals surface area contributed by atoms with Crippen LogP contribution in [0.3, 0.4) is 0 Å². The number of unbranched alkanes of at least 4 members (excludes halogenated alkanes) is 2. The first-order valence-electron chi connectivity index (χ1n) is 10.8. The van der Waals surface area contributed by atoms with Crippen LogP contribution in [-0.4, -0.2) is 46.1 Å². The Labute approximate surface area is 187 Å². The molecule has 2 heterocycles. The molecule has 1 unspecified atom stereocenters. The second-order valence-electron chi connectivity index (χ2n) is 7.58. The number of carbonyl (C=O) groups excluding carboxylic acids is 1. The molecule has 0 spiro atoms. The highest BCUT2D eigenvalue weighted by molar-refractivity contribution is 5.49. The van der Waals surface area contributed by atoms with E-state index in [9.17, 15) is 13.6 Å². The van der Waals surface area contributed by atoms with Gasteiger partial charge in [0.2, 0.25) is 0 Å². The molecule has 1 atom stereocenters. The van der Waals surface area contributed by atoms with Crippen molar-refractivity contribution in [2.45, 2.75) is 51.2 Å². The summed E-state index contributed by atoms with van der Waals surface area (Å²) in [5.74, 6) is 1.57. The van der Waals surface area contributed by atoms with Crippen molar-refractivity contribution in [3.8, 4) is 11.5 Å². The third kappa shape index (κ3) is 9.32. The summed E-state index contributed by atoms with van der Waals surface area (Å²) in [7, 11) is 1.98. The van der Waals surface area contributed by atoms with Crippen LogP contribution in [0.5, 0.6) is 11.5 Å². The number of aldehydes is 1. The lowest BCUT2D eigenvalue weighted by atomic mass is 10.1. The zero-order valence-corrected chi connectivity index (χ0v) is 18.5. The number of nitrogens with zero attached hydrogens (tertiary/aromatic N) is 1. The van der Waals surface area contributed by atoms with Gasteiger partial charge in [0.25, 0.3) is 0 Å². The third-order valence-electron chi connectivity index (χ3n) is 4.96. The van der Waals surface area contributed by atoms with Crippen LogP contribution in [0.4, 0.5) is 8.78 Å². The van der Waals surface area contributed by atoms with Crippen LogP contribution in [0, 0.1) is 5.92 Å². The Morgan fingerprint density at radius 1 is 1.31 bits per heavy atom. The van der Waals surface area contributed by atoms with Gasteiger partial charge in [-0.2, -0.15) is 0 Å². The number of oxime groups is 1. The van der Waals surface area contributed by atoms with Crippen molar-refractivity contribution in [3.63, 3.8) is 0 Å². The van der Waals surface area contributed by atoms with E-state index < -0.39 is 6.29 Å². The summed E-state index contributed by atoms with van der Waals surface area (Å²) in [6.45, 7) is 6.31. The molecular formula is C23H32F2N2O5. The number of alkyl halides is 2. The Balaban J connectivity index is 0.000000380. The molecule has 7 nitrogen and oxygen atoms in total. The Morgan fingerprint density at radius 3 is 2.81 bits per heavy atom. The van der Waals surface area contributed by atoms with Crippen LogP contribution in [-0.2, 0) is 20.8 Å². The number of hydrogen-bond acceptors (Lipinski definition) is 7. The third-order valence-corrected chi connectivity index (χ3v) is 4.96. The standard InChI is InChI=1S/C17H19F2NO4.C6H13NO/c1-20-24-14(8-4-5-11-21)7-3-2-6-13-9-10-15-16(12-13)23-17(18,19)22-15;1-7-4-6-2-3-8-5-6/h8-12H,1-7H2;6-7H,2-5H2,1H3/b14-8-;. The van der Waals surface area contributed by atoms with E-state index in [2.05, 4.69) is 26.7 Å². The Kier molecular flexibility index (Phi) is 11.1. The average molecular weight is 455 g/mol. The van der Waals surface area contributed by atoms with Crippen LogP contribution >= 0.6 is 0 Å². The zero-order chi connectivity index (χ0) is 23.2. The predicted molar refractivity (Wildman–Crippen MR) is 117 cm³/mol. The first-order valence-corrected chi connectivity index (χ1v) is 10.8. The maximum atomic E-state index is 13.0. The van der Waals surface area contributed by atoms with Gasteiger partial charge in [-0.1, -0.05) is 11.2 Å². The van der Waals surface area contributed by atoms with Crippen LogP contribution in [0.15, 0.2) is 35.2 Å². The molecule has 0 amide bonds. The first-order chi connectivity index (χ1) is 15.5. The van der Waals surface area contributed by atoms with Crippen molar-refractivity contribution < 1.29 is 32.6 Å². The summed E-state index contributed by atoms with van der Waals surface area (Å²) in [5.41, 5.74) is 0.893. The van der Waals surface area contributed by atoms with Crippen LogP contribution in [0.1, 0.15) is 44.1 Å². The second-order valence-corrected chi connectivity index (χ2v) is 7.58. The number of allylic oxidation sites excluding steroid dienone is 2. The monoisotopic (exact) mass is 454 g/mol. The van der Waals surface area contributed by atoms with E-state index in [1.807, 2.05) is 13.1 Å². The Morgan fingerprint density at radius 2 is 2.12 bits per heavy atom. The van der Waals surface area contributed by atoms with Gasteiger partial charge in [-0.3, -0.25) is 0 Å². The maximum absolute atomic E-state index is 13.0. The summed E-state index contributed by atoms with van der Waals surface area (Å²) in [6.07, 6.45) is 4.40. The van der Waals surface area contributed by atoms with E-state index >= 15 is 0 Å². The lowest BCUT2D eigenvalue weighted by molar-refractivity contribution is -0.286. The number of aryl methyl sites for hydroxylation is 1. The molecule has 0 aromatic heterocycles. The number of benzene rings is 1. The van der Waals surface area contributed by atoms with Gasteiger partial charge in [0.1, 0.15) is 12.0 Å². The van der Waals surface area contributed by atoms with Crippen molar-refractivity contribution in [2.75, 3.05) is 26.8 Å². The van der Waals surface area contributed by atoms with Crippen molar-refractivity contribution in [1.82, 2.24) is 5.32 Å². The van der Waals surface area contributed by atoms with Gasteiger partial charge in [-0.15, -0.1) is 8.78 Å². The minimum Gasteiger partial charge on any atom is -0.395 e. The molecule has 1 fully saturated rings. The van der Waals surface area contributed by atoms with Gasteiger partial charge < -0.3 is 29.2 Å². The minimum atomic E-state index is -3.59. The molecule has 0 radical (unpaired) electrons. The summed E-state index contributed by atoms with van der Waals surface area (Å²) in [4.78, 5) is 15.4. The summed E-state index contributed by atoms with van der Waals surface area (Å²) in [6, 6.07) is 4.80. The fraction of sp³-hybridized carbons (Fsp3) is 0.565. The molecule has 32 heavy (non-hydrogen) atoms. The van der Waals surface area contributed by atoms with E-state index in [1.165, 1.54) is 12.5 Å². The summed E-state index contributed by atoms with van der Waals surface area (Å²) in [5, 5.41) is 6.53. The van der Waals surface area contributed by atoms with E-state index in [4.69, 9.17) is 9.57 Å². The van der Waals surface area contributed by atoms with Crippen molar-refractivity contribution in [2.24, 2.45) is 11.1 Å². The molecule has 2 aliphatic heterocycles. The fourth-order valence-corrected chi connectivity index (χ4v) is 3.39. The summed E-state index contributed by atoms with van der Waals surface area (Å²) < 4.78 is 39.9. The molecule has 1 N–H and O–H groups in total. The first kappa shape index (κ1) is 25.7. The lowest BCUT2D eigenvalue weighted by Crippen LogP contribution is -2.25. The molecule has 3 rings (SSSR count). The average Bonchev–Trinajstić information content (AvgIpc) is 3.37. The number of ether oxygens (including phenoxy) is 3. The van der Waals surface area contributed by atoms with Gasteiger partial charge in [-0.05, 0) is 75.4 Å². The van der Waals surface area contributed by atoms with Crippen molar-refractivity contribution in [1.29, 1.82) is 0 Å². The maximum Gasteiger partial charge on any atom is 0.586 e. The normalized spacial score (nSPS) is 18.6. The smallest absolute Gasteiger partial charge is 0.395 e. The lowest BCUT2D eigenvalue weighted by Gasteiger charge is -2.06. The summed E-state index contributed by atoms with van der Waals surface area (Å²) >= 11 is 0. The number of rotatable bonds is 12. The Bertz CT molecular complexity index is 752. The predicted octanol–water partition coefficient (Wildman–Crippen LogP) is 4.46. The quantitative estimate of drug-likeness (QED) is 0.165. The molecule has 1 aromatic rings. The van der Waals surface area contributed by atoms with Gasteiger partial charge >= 0.3 is 6.29 Å². The molecule has 178 valence electrons. The van der Waals surface area contributed by atoms with Gasteiger partial charge in [0, 0.05) is 26.2 Å². The molecule has 0 saturated carbocycles. The van der Waals surface area contributed by atoms with Gasteiger partial charge in [0.05, 0.1) is 6.61 Å². The topological polar surface area (TPSA) is 78.4 Å². The number of carbonyl (C=O) groups is 1. The van der Waals surface area contributed by atoms with E-state index in [1.54, 1.807) is 12.1 Å². The zero-order valence-electron chi connectivity index (χ0n) is 18.5. The largest absolute Gasteiger partial charge is 0.586 e. The minimum absolute atomic E-state index is 0.0506. The van der Waals surface area contributed by atoms with Crippen molar-refractivity contribution >= 4 is 13.0 Å². The molecule has 1 saturated heterocycles. The van der Waals surface area contributed by atoms with Gasteiger partial charge in [0.15, 0.2) is 11.5 Å². The molecule has 0 bridgehead atoms. The van der Waals surface area contributed by atoms with Crippen LogP contribution < -0.4 is 14.8 Å². The molecular weight excluding hydrogens is 422 g/mol. The number of halogens is 2. The highest BCUT2D eigenvalue weighted by atomic mass is 19.3. The molecule has 2 aliphatic rings. The van der Waals surface area contributed by atoms with Crippen LogP contribution in [0.25, 0.3) is 0 Å².